The van der Waals surface area contributed by atoms with Crippen molar-refractivity contribution < 1.29 is 14.3 Å². The first-order valence-corrected chi connectivity index (χ1v) is 13.7. The van der Waals surface area contributed by atoms with Crippen LogP contribution in [0.1, 0.15) is 25.0 Å². The Balaban J connectivity index is 1.56. The second kappa shape index (κ2) is 13.1. The summed E-state index contributed by atoms with van der Waals surface area (Å²) in [6, 6.07) is 13.2. The number of hydrogen-bond donors (Lipinski definition) is 2. The van der Waals surface area contributed by atoms with E-state index in [1.54, 1.807) is 4.90 Å². The van der Waals surface area contributed by atoms with Crippen molar-refractivity contribution in [2.24, 2.45) is 0 Å². The van der Waals surface area contributed by atoms with E-state index >= 15 is 0 Å². The highest BCUT2D eigenvalue weighted by molar-refractivity contribution is 6.30. The highest BCUT2D eigenvalue weighted by Crippen LogP contribution is 2.26. The van der Waals surface area contributed by atoms with Crippen molar-refractivity contribution in [1.29, 1.82) is 0 Å². The van der Waals surface area contributed by atoms with E-state index in [-0.39, 0.29) is 24.5 Å². The van der Waals surface area contributed by atoms with Gasteiger partial charge in [0.25, 0.3) is 0 Å². The van der Waals surface area contributed by atoms with E-state index in [4.69, 9.17) is 21.3 Å². The first-order valence-electron chi connectivity index (χ1n) is 13.3. The number of ether oxygens (including phenoxy) is 1. The summed E-state index contributed by atoms with van der Waals surface area (Å²) in [7, 11) is 0. The van der Waals surface area contributed by atoms with Gasteiger partial charge >= 0.3 is 6.03 Å². The van der Waals surface area contributed by atoms with Crippen LogP contribution < -0.4 is 10.6 Å². The molecule has 0 bridgehead atoms. The number of aryl methyl sites for hydroxylation is 2. The Kier molecular flexibility index (Phi) is 9.61. The largest absolute Gasteiger partial charge is 0.379 e. The predicted octanol–water partition coefficient (Wildman–Crippen LogP) is 4.50. The number of imidazole rings is 1. The SMILES string of the molecule is Cc1ccc(-n2cc(-c3ccc(Cl)cc3)nc2NC(=O)CN(CCN2CCOCC2)C(=O)NC(C)C)cc1C. The van der Waals surface area contributed by atoms with Crippen molar-refractivity contribution in [1.82, 2.24) is 24.7 Å². The maximum absolute atomic E-state index is 13.3. The van der Waals surface area contributed by atoms with Crippen molar-refractivity contribution in [3.05, 3.63) is 64.8 Å². The van der Waals surface area contributed by atoms with E-state index < -0.39 is 0 Å². The number of carbonyl (C=O) groups excluding carboxylic acids is 2. The molecule has 10 heteroatoms. The summed E-state index contributed by atoms with van der Waals surface area (Å²) < 4.78 is 7.29. The van der Waals surface area contributed by atoms with Crippen LogP contribution in [0.15, 0.2) is 48.7 Å². The normalized spacial score (nSPS) is 13.9. The molecule has 3 amide bonds. The fraction of sp³-hybridized carbons (Fsp3) is 0.414. The van der Waals surface area contributed by atoms with Crippen molar-refractivity contribution >= 4 is 29.5 Å². The van der Waals surface area contributed by atoms with Gasteiger partial charge in [-0.25, -0.2) is 9.78 Å². The standard InChI is InChI=1S/C29H37ClN6O3/c1-20(2)31-29(38)35(12-11-34-13-15-39-16-14-34)19-27(37)33-28-32-26(23-6-8-24(30)9-7-23)18-36(28)25-10-5-21(3)22(4)17-25/h5-10,17-18,20H,11-16,19H2,1-4H3,(H,31,38)(H,32,33,37). The van der Waals surface area contributed by atoms with Crippen molar-refractivity contribution in [3.63, 3.8) is 0 Å². The molecule has 1 saturated heterocycles. The number of benzene rings is 2. The van der Waals surface area contributed by atoms with E-state index in [1.165, 1.54) is 5.56 Å². The van der Waals surface area contributed by atoms with E-state index in [0.29, 0.717) is 43.0 Å². The average molecular weight is 553 g/mol. The van der Waals surface area contributed by atoms with Gasteiger partial charge in [-0.05, 0) is 63.1 Å². The predicted molar refractivity (Wildman–Crippen MR) is 155 cm³/mol. The topological polar surface area (TPSA) is 91.7 Å². The lowest BCUT2D eigenvalue weighted by Crippen LogP contribution is -2.50. The number of nitrogens with one attached hydrogen (secondary N) is 2. The number of urea groups is 1. The molecule has 1 aliphatic rings. The van der Waals surface area contributed by atoms with Crippen molar-refractivity contribution in [2.75, 3.05) is 51.3 Å². The van der Waals surface area contributed by atoms with Gasteiger partial charge in [0.15, 0.2) is 0 Å². The summed E-state index contributed by atoms with van der Waals surface area (Å²) in [5, 5.41) is 6.50. The molecule has 0 spiro atoms. The summed E-state index contributed by atoms with van der Waals surface area (Å²) in [5.74, 6) is 0.0554. The fourth-order valence-electron chi connectivity index (χ4n) is 4.32. The molecular formula is C29H37ClN6O3. The Morgan fingerprint density at radius 1 is 1.08 bits per heavy atom. The highest BCUT2D eigenvalue weighted by Gasteiger charge is 2.22. The molecule has 0 unspecified atom stereocenters. The van der Waals surface area contributed by atoms with Gasteiger partial charge in [0.2, 0.25) is 11.9 Å². The molecule has 208 valence electrons. The van der Waals surface area contributed by atoms with E-state index in [1.807, 2.05) is 67.9 Å². The maximum atomic E-state index is 13.3. The zero-order chi connectivity index (χ0) is 27.9. The Bertz CT molecular complexity index is 1280. The van der Waals surface area contributed by atoms with Gasteiger partial charge in [0.1, 0.15) is 6.54 Å². The maximum Gasteiger partial charge on any atom is 0.318 e. The molecule has 0 atom stereocenters. The molecule has 0 aliphatic carbocycles. The fourth-order valence-corrected chi connectivity index (χ4v) is 4.44. The third-order valence-electron chi connectivity index (χ3n) is 6.69. The molecule has 9 nitrogen and oxygen atoms in total. The van der Waals surface area contributed by atoms with Crippen LogP contribution in [0, 0.1) is 13.8 Å². The zero-order valence-electron chi connectivity index (χ0n) is 23.0. The van der Waals surface area contributed by atoms with Crippen LogP contribution in [-0.2, 0) is 9.53 Å². The van der Waals surface area contributed by atoms with Crippen LogP contribution in [0.3, 0.4) is 0 Å². The average Bonchev–Trinajstić information content (AvgIpc) is 3.32. The molecule has 1 aromatic heterocycles. The third kappa shape index (κ3) is 7.81. The summed E-state index contributed by atoms with van der Waals surface area (Å²) in [6.07, 6.45) is 1.89. The van der Waals surface area contributed by atoms with Gasteiger partial charge in [0, 0.05) is 54.7 Å². The van der Waals surface area contributed by atoms with Crippen LogP contribution in [0.4, 0.5) is 10.7 Å². The smallest absolute Gasteiger partial charge is 0.318 e. The number of hydrogen-bond acceptors (Lipinski definition) is 5. The Hall–Kier alpha value is -3.40. The zero-order valence-corrected chi connectivity index (χ0v) is 23.8. The van der Waals surface area contributed by atoms with Crippen LogP contribution in [-0.4, -0.2) is 83.3 Å². The van der Waals surface area contributed by atoms with Crippen molar-refractivity contribution in [3.8, 4) is 16.9 Å². The van der Waals surface area contributed by atoms with Gasteiger partial charge in [-0.15, -0.1) is 0 Å². The first-order chi connectivity index (χ1) is 18.7. The molecule has 3 aromatic rings. The third-order valence-corrected chi connectivity index (χ3v) is 6.94. The molecule has 1 fully saturated rings. The lowest BCUT2D eigenvalue weighted by atomic mass is 10.1. The molecule has 2 N–H and O–H groups in total. The summed E-state index contributed by atoms with van der Waals surface area (Å²) in [5.41, 5.74) is 4.76. The van der Waals surface area contributed by atoms with Gasteiger partial charge < -0.3 is 15.0 Å². The number of morpholine rings is 1. The van der Waals surface area contributed by atoms with Crippen LogP contribution in [0.25, 0.3) is 16.9 Å². The molecule has 39 heavy (non-hydrogen) atoms. The Labute approximate surface area is 235 Å². The first kappa shape index (κ1) is 28.6. The number of nitrogens with zero attached hydrogens (tertiary/aromatic N) is 4. The minimum Gasteiger partial charge on any atom is -0.379 e. The van der Waals surface area contributed by atoms with Crippen LogP contribution in [0.5, 0.6) is 0 Å². The number of carbonyl (C=O) groups is 2. The minimum absolute atomic E-state index is 0.0444. The Morgan fingerprint density at radius 2 is 1.79 bits per heavy atom. The molecule has 0 saturated carbocycles. The van der Waals surface area contributed by atoms with E-state index in [2.05, 4.69) is 28.5 Å². The molecule has 0 radical (unpaired) electrons. The molecule has 2 aromatic carbocycles. The Morgan fingerprint density at radius 3 is 2.46 bits per heavy atom. The quantitative estimate of drug-likeness (QED) is 0.408. The monoisotopic (exact) mass is 552 g/mol. The van der Waals surface area contributed by atoms with Crippen LogP contribution in [0.2, 0.25) is 5.02 Å². The lowest BCUT2D eigenvalue weighted by Gasteiger charge is -2.30. The molecular weight excluding hydrogens is 516 g/mol. The van der Waals surface area contributed by atoms with Gasteiger partial charge in [-0.1, -0.05) is 29.8 Å². The number of rotatable bonds is 9. The number of amides is 3. The minimum atomic E-state index is -0.325. The number of anilines is 1. The van der Waals surface area contributed by atoms with Gasteiger partial charge in [-0.2, -0.15) is 0 Å². The van der Waals surface area contributed by atoms with E-state index in [0.717, 1.165) is 29.9 Å². The summed E-state index contributed by atoms with van der Waals surface area (Å²) in [6.45, 7) is 11.9. The lowest BCUT2D eigenvalue weighted by molar-refractivity contribution is -0.116. The molecule has 2 heterocycles. The number of aromatic nitrogens is 2. The van der Waals surface area contributed by atoms with Crippen molar-refractivity contribution in [2.45, 2.75) is 33.7 Å². The summed E-state index contributed by atoms with van der Waals surface area (Å²) >= 11 is 6.08. The van der Waals surface area contributed by atoms with Crippen LogP contribution >= 0.6 is 11.6 Å². The van der Waals surface area contributed by atoms with Gasteiger partial charge in [-0.3, -0.25) is 19.6 Å². The second-order valence-corrected chi connectivity index (χ2v) is 10.6. The second-order valence-electron chi connectivity index (χ2n) is 10.1. The molecule has 1 aliphatic heterocycles. The van der Waals surface area contributed by atoms with E-state index in [9.17, 15) is 9.59 Å². The van der Waals surface area contributed by atoms with Gasteiger partial charge in [0.05, 0.1) is 18.9 Å². The summed E-state index contributed by atoms with van der Waals surface area (Å²) in [4.78, 5) is 34.8. The molecule has 4 rings (SSSR count). The highest BCUT2D eigenvalue weighted by atomic mass is 35.5. The number of halogens is 1.